The Hall–Kier alpha value is -3.73. The van der Waals surface area contributed by atoms with Crippen molar-refractivity contribution in [3.8, 4) is 17.6 Å². The lowest BCUT2D eigenvalue weighted by molar-refractivity contribution is 0.480. The van der Waals surface area contributed by atoms with Crippen molar-refractivity contribution in [2.75, 3.05) is 5.32 Å². The van der Waals surface area contributed by atoms with E-state index in [-0.39, 0.29) is 11.4 Å². The Bertz CT molecular complexity index is 838. The van der Waals surface area contributed by atoms with Crippen LogP contribution in [0.2, 0.25) is 0 Å². The van der Waals surface area contributed by atoms with Gasteiger partial charge < -0.3 is 10.1 Å². The SMILES string of the molecule is N#CC(=CNc1cccc(Oc2cccnc2)c1)c1nn[nH]n1. The second-order valence-corrected chi connectivity index (χ2v) is 4.37. The first-order valence-corrected chi connectivity index (χ1v) is 6.64. The van der Waals surface area contributed by atoms with E-state index in [9.17, 15) is 0 Å². The fraction of sp³-hybridized carbons (Fsp3) is 0. The summed E-state index contributed by atoms with van der Waals surface area (Å²) < 4.78 is 5.70. The van der Waals surface area contributed by atoms with Crippen molar-refractivity contribution in [3.63, 3.8) is 0 Å². The van der Waals surface area contributed by atoms with Gasteiger partial charge in [0.15, 0.2) is 0 Å². The standard InChI is InChI=1S/C15H11N7O/c16-8-11(15-19-21-22-20-15)9-18-12-3-1-4-13(7-12)23-14-5-2-6-17-10-14/h1-7,9-10,18H,(H,19,20,21,22). The van der Waals surface area contributed by atoms with Gasteiger partial charge in [0.05, 0.1) is 6.20 Å². The molecule has 8 heteroatoms. The zero-order valence-corrected chi connectivity index (χ0v) is 11.8. The molecule has 0 atom stereocenters. The van der Waals surface area contributed by atoms with Gasteiger partial charge in [0, 0.05) is 24.2 Å². The summed E-state index contributed by atoms with van der Waals surface area (Å²) in [7, 11) is 0. The minimum Gasteiger partial charge on any atom is -0.456 e. The molecule has 1 aromatic carbocycles. The number of ether oxygens (including phenoxy) is 1. The molecule has 0 saturated heterocycles. The molecule has 23 heavy (non-hydrogen) atoms. The molecule has 0 radical (unpaired) electrons. The third kappa shape index (κ3) is 3.68. The number of rotatable bonds is 5. The number of anilines is 1. The number of nitrogens with one attached hydrogen (secondary N) is 2. The molecule has 8 nitrogen and oxygen atoms in total. The summed E-state index contributed by atoms with van der Waals surface area (Å²) in [6.45, 7) is 0. The van der Waals surface area contributed by atoms with Crippen molar-refractivity contribution < 1.29 is 4.74 Å². The second-order valence-electron chi connectivity index (χ2n) is 4.37. The maximum absolute atomic E-state index is 9.11. The van der Waals surface area contributed by atoms with Gasteiger partial charge in [-0.05, 0) is 29.5 Å². The van der Waals surface area contributed by atoms with Crippen molar-refractivity contribution in [1.82, 2.24) is 25.6 Å². The van der Waals surface area contributed by atoms with Crippen LogP contribution < -0.4 is 10.1 Å². The third-order valence-corrected chi connectivity index (χ3v) is 2.79. The number of allylic oxidation sites excluding steroid dienone is 1. The quantitative estimate of drug-likeness (QED) is 0.696. The molecule has 2 heterocycles. The van der Waals surface area contributed by atoms with Crippen molar-refractivity contribution in [3.05, 3.63) is 60.8 Å². The highest BCUT2D eigenvalue weighted by molar-refractivity contribution is 5.74. The van der Waals surface area contributed by atoms with E-state index in [0.29, 0.717) is 11.5 Å². The Morgan fingerprint density at radius 2 is 2.17 bits per heavy atom. The van der Waals surface area contributed by atoms with Crippen molar-refractivity contribution in [2.45, 2.75) is 0 Å². The van der Waals surface area contributed by atoms with Gasteiger partial charge in [0.1, 0.15) is 23.1 Å². The lowest BCUT2D eigenvalue weighted by Crippen LogP contribution is -1.93. The highest BCUT2D eigenvalue weighted by Gasteiger charge is 2.05. The van der Waals surface area contributed by atoms with E-state index >= 15 is 0 Å². The largest absolute Gasteiger partial charge is 0.456 e. The van der Waals surface area contributed by atoms with Gasteiger partial charge in [-0.2, -0.15) is 10.5 Å². The summed E-state index contributed by atoms with van der Waals surface area (Å²) in [5.41, 5.74) is 1.01. The summed E-state index contributed by atoms with van der Waals surface area (Å²) in [5, 5.41) is 25.4. The maximum Gasteiger partial charge on any atom is 0.216 e. The Labute approximate surface area is 131 Å². The number of H-pyrrole nitrogens is 1. The number of nitrogens with zero attached hydrogens (tertiary/aromatic N) is 5. The summed E-state index contributed by atoms with van der Waals surface area (Å²) in [6.07, 6.45) is 4.81. The maximum atomic E-state index is 9.11. The fourth-order valence-electron chi connectivity index (χ4n) is 1.77. The Kier molecular flexibility index (Phi) is 4.21. The number of tetrazole rings is 1. The topological polar surface area (TPSA) is 112 Å². The molecular formula is C15H11N7O. The average Bonchev–Trinajstić information content (AvgIpc) is 3.11. The van der Waals surface area contributed by atoms with Crippen LogP contribution in [0.1, 0.15) is 5.82 Å². The van der Waals surface area contributed by atoms with E-state index in [4.69, 9.17) is 10.00 Å². The van der Waals surface area contributed by atoms with Crippen LogP contribution in [0.5, 0.6) is 11.5 Å². The first kappa shape index (κ1) is 14.2. The van der Waals surface area contributed by atoms with Gasteiger partial charge in [-0.15, -0.1) is 10.2 Å². The van der Waals surface area contributed by atoms with E-state index in [1.807, 2.05) is 30.3 Å². The smallest absolute Gasteiger partial charge is 0.216 e. The lowest BCUT2D eigenvalue weighted by Gasteiger charge is -2.07. The van der Waals surface area contributed by atoms with Gasteiger partial charge in [-0.3, -0.25) is 4.98 Å². The lowest BCUT2D eigenvalue weighted by atomic mass is 10.2. The molecule has 0 saturated carbocycles. The van der Waals surface area contributed by atoms with Gasteiger partial charge >= 0.3 is 0 Å². The molecule has 2 aromatic heterocycles. The van der Waals surface area contributed by atoms with Crippen LogP contribution in [0.15, 0.2) is 55.0 Å². The van der Waals surface area contributed by atoms with E-state index < -0.39 is 0 Å². The van der Waals surface area contributed by atoms with E-state index in [0.717, 1.165) is 5.69 Å². The van der Waals surface area contributed by atoms with Gasteiger partial charge in [-0.25, -0.2) is 0 Å². The predicted molar refractivity (Wildman–Crippen MR) is 82.1 cm³/mol. The van der Waals surface area contributed by atoms with Crippen LogP contribution >= 0.6 is 0 Å². The van der Waals surface area contributed by atoms with Crippen LogP contribution in [-0.4, -0.2) is 25.6 Å². The molecule has 0 fully saturated rings. The number of aromatic nitrogens is 5. The average molecular weight is 305 g/mol. The van der Waals surface area contributed by atoms with E-state index in [1.165, 1.54) is 6.20 Å². The molecule has 0 amide bonds. The van der Waals surface area contributed by atoms with E-state index in [2.05, 4.69) is 30.9 Å². The number of hydrogen-bond acceptors (Lipinski definition) is 7. The third-order valence-electron chi connectivity index (χ3n) is 2.79. The van der Waals surface area contributed by atoms with Crippen molar-refractivity contribution in [1.29, 1.82) is 5.26 Å². The van der Waals surface area contributed by atoms with Gasteiger partial charge in [-0.1, -0.05) is 6.07 Å². The Balaban J connectivity index is 1.74. The molecule has 0 aliphatic carbocycles. The molecule has 0 aliphatic heterocycles. The Morgan fingerprint density at radius 3 is 2.91 bits per heavy atom. The highest BCUT2D eigenvalue weighted by atomic mass is 16.5. The van der Waals surface area contributed by atoms with Crippen molar-refractivity contribution in [2.24, 2.45) is 0 Å². The van der Waals surface area contributed by atoms with Gasteiger partial charge in [0.2, 0.25) is 5.82 Å². The van der Waals surface area contributed by atoms with Crippen LogP contribution in [0, 0.1) is 11.3 Å². The molecule has 0 bridgehead atoms. The molecular weight excluding hydrogens is 294 g/mol. The summed E-state index contributed by atoms with van der Waals surface area (Å²) in [6, 6.07) is 12.9. The van der Waals surface area contributed by atoms with Crippen molar-refractivity contribution >= 4 is 11.3 Å². The summed E-state index contributed by atoms with van der Waals surface area (Å²) in [4.78, 5) is 3.99. The number of aromatic amines is 1. The summed E-state index contributed by atoms with van der Waals surface area (Å²) in [5.74, 6) is 1.52. The molecule has 3 rings (SSSR count). The first-order chi connectivity index (χ1) is 11.3. The van der Waals surface area contributed by atoms with Gasteiger partial charge in [0.25, 0.3) is 0 Å². The molecule has 3 aromatic rings. The highest BCUT2D eigenvalue weighted by Crippen LogP contribution is 2.23. The monoisotopic (exact) mass is 305 g/mol. The first-order valence-electron chi connectivity index (χ1n) is 6.64. The van der Waals surface area contributed by atoms with E-state index in [1.54, 1.807) is 24.5 Å². The predicted octanol–water partition coefficient (Wildman–Crippen LogP) is 2.36. The van der Waals surface area contributed by atoms with Crippen LogP contribution in [-0.2, 0) is 0 Å². The zero-order chi connectivity index (χ0) is 15.9. The minimum atomic E-state index is 0.225. The number of hydrogen-bond donors (Lipinski definition) is 2. The molecule has 0 unspecified atom stereocenters. The zero-order valence-electron chi connectivity index (χ0n) is 11.8. The molecule has 112 valence electrons. The second kappa shape index (κ2) is 6.82. The van der Waals surface area contributed by atoms with Crippen LogP contribution in [0.3, 0.4) is 0 Å². The molecule has 0 spiro atoms. The molecule has 2 N–H and O–H groups in total. The van der Waals surface area contributed by atoms with Crippen LogP contribution in [0.4, 0.5) is 5.69 Å². The Morgan fingerprint density at radius 1 is 1.26 bits per heavy atom. The number of benzene rings is 1. The number of pyridine rings is 1. The normalized spacial score (nSPS) is 10.8. The molecule has 0 aliphatic rings. The summed E-state index contributed by atoms with van der Waals surface area (Å²) >= 11 is 0. The minimum absolute atomic E-state index is 0.225. The number of nitriles is 1. The fourth-order valence-corrected chi connectivity index (χ4v) is 1.77. The van der Waals surface area contributed by atoms with Crippen LogP contribution in [0.25, 0.3) is 5.57 Å².